The van der Waals surface area contributed by atoms with Crippen LogP contribution in [0.4, 0.5) is 0 Å². The van der Waals surface area contributed by atoms with E-state index in [1.54, 1.807) is 0 Å². The van der Waals surface area contributed by atoms with Gasteiger partial charge in [0.25, 0.3) is 0 Å². The molecule has 1 aliphatic rings. The summed E-state index contributed by atoms with van der Waals surface area (Å²) in [5.41, 5.74) is 0. The Morgan fingerprint density at radius 2 is 2.00 bits per heavy atom. The fraction of sp³-hybridized carbons (Fsp3) is 0.889. The quantitative estimate of drug-likeness (QED) is 0.725. The topological polar surface area (TPSA) is 77.9 Å². The third-order valence-electron chi connectivity index (χ3n) is 2.89. The normalized spacial score (nSPS) is 29.2. The van der Waals surface area contributed by atoms with E-state index in [-0.39, 0.29) is 25.0 Å². The number of sulfonamides is 1. The Labute approximate surface area is 95.9 Å². The van der Waals surface area contributed by atoms with Crippen molar-refractivity contribution >= 4 is 16.0 Å². The lowest BCUT2D eigenvalue weighted by molar-refractivity contribution is -0.138. The fourth-order valence-corrected chi connectivity index (χ4v) is 3.23. The highest BCUT2D eigenvalue weighted by atomic mass is 32.2. The molecule has 1 rings (SSSR count). The van der Waals surface area contributed by atoms with Gasteiger partial charge in [0, 0.05) is 25.2 Å². The Morgan fingerprint density at radius 1 is 1.44 bits per heavy atom. The molecule has 0 aromatic carbocycles. The molecular formula is C9H18N2O4S. The third-order valence-corrected chi connectivity index (χ3v) is 4.26. The summed E-state index contributed by atoms with van der Waals surface area (Å²) in [5, 5.41) is 8.74. The van der Waals surface area contributed by atoms with Crippen LogP contribution in [0, 0.1) is 0 Å². The molecule has 0 spiro atoms. The second-order valence-electron chi connectivity index (χ2n) is 4.37. The van der Waals surface area contributed by atoms with Crippen LogP contribution in [-0.4, -0.2) is 67.2 Å². The van der Waals surface area contributed by atoms with Gasteiger partial charge in [-0.3, -0.25) is 9.69 Å². The first-order chi connectivity index (χ1) is 7.21. The fourth-order valence-electron chi connectivity index (χ4n) is 2.07. The highest BCUT2D eigenvalue weighted by Crippen LogP contribution is 2.18. The van der Waals surface area contributed by atoms with E-state index in [1.807, 2.05) is 18.9 Å². The van der Waals surface area contributed by atoms with Crippen molar-refractivity contribution < 1.29 is 18.3 Å². The van der Waals surface area contributed by atoms with Crippen LogP contribution in [0.2, 0.25) is 0 Å². The highest BCUT2D eigenvalue weighted by Gasteiger charge is 2.35. The van der Waals surface area contributed by atoms with E-state index in [4.69, 9.17) is 5.11 Å². The Kier molecular flexibility index (Phi) is 3.92. The predicted molar refractivity (Wildman–Crippen MR) is 59.7 cm³/mol. The maximum Gasteiger partial charge on any atom is 0.304 e. The van der Waals surface area contributed by atoms with Gasteiger partial charge < -0.3 is 5.11 Å². The van der Waals surface area contributed by atoms with Gasteiger partial charge in [-0.1, -0.05) is 0 Å². The van der Waals surface area contributed by atoms with Gasteiger partial charge in [0.15, 0.2) is 0 Å². The van der Waals surface area contributed by atoms with Crippen LogP contribution in [-0.2, 0) is 14.8 Å². The molecule has 7 heteroatoms. The van der Waals surface area contributed by atoms with E-state index in [0.29, 0.717) is 6.54 Å². The van der Waals surface area contributed by atoms with Gasteiger partial charge in [-0.2, -0.15) is 4.31 Å². The summed E-state index contributed by atoms with van der Waals surface area (Å²) >= 11 is 0. The number of aliphatic carboxylic acids is 1. The van der Waals surface area contributed by atoms with Crippen LogP contribution in [0.25, 0.3) is 0 Å². The van der Waals surface area contributed by atoms with Crippen LogP contribution < -0.4 is 0 Å². The molecule has 94 valence electrons. The van der Waals surface area contributed by atoms with Crippen LogP contribution in [0.1, 0.15) is 13.3 Å². The monoisotopic (exact) mass is 250 g/mol. The number of rotatable bonds is 3. The summed E-state index contributed by atoms with van der Waals surface area (Å²) in [6, 6.07) is -0.353. The van der Waals surface area contributed by atoms with Crippen molar-refractivity contribution in [2.24, 2.45) is 0 Å². The Bertz CT molecular complexity index is 368. The van der Waals surface area contributed by atoms with Crippen molar-refractivity contribution in [3.8, 4) is 0 Å². The summed E-state index contributed by atoms with van der Waals surface area (Å²) in [6.07, 6.45) is 1.13. The molecule has 0 unspecified atom stereocenters. The molecule has 0 bridgehead atoms. The Morgan fingerprint density at radius 3 is 2.44 bits per heavy atom. The zero-order valence-electron chi connectivity index (χ0n) is 9.75. The Hall–Kier alpha value is -0.660. The van der Waals surface area contributed by atoms with Gasteiger partial charge in [0.1, 0.15) is 0 Å². The molecule has 16 heavy (non-hydrogen) atoms. The highest BCUT2D eigenvalue weighted by molar-refractivity contribution is 7.88. The number of hydrogen-bond acceptors (Lipinski definition) is 4. The minimum absolute atomic E-state index is 0.0325. The average Bonchev–Trinajstić information content (AvgIpc) is 2.06. The Balaban J connectivity index is 2.80. The van der Waals surface area contributed by atoms with E-state index >= 15 is 0 Å². The summed E-state index contributed by atoms with van der Waals surface area (Å²) in [4.78, 5) is 12.6. The molecule has 1 aliphatic heterocycles. The van der Waals surface area contributed by atoms with E-state index in [1.165, 1.54) is 4.31 Å². The van der Waals surface area contributed by atoms with Gasteiger partial charge in [-0.25, -0.2) is 8.42 Å². The molecule has 0 aliphatic carbocycles. The first-order valence-corrected chi connectivity index (χ1v) is 6.95. The van der Waals surface area contributed by atoms with Gasteiger partial charge in [0.2, 0.25) is 10.0 Å². The number of piperazine rings is 1. The molecular weight excluding hydrogens is 232 g/mol. The molecule has 1 heterocycles. The van der Waals surface area contributed by atoms with Gasteiger partial charge in [-0.15, -0.1) is 0 Å². The molecule has 2 atom stereocenters. The van der Waals surface area contributed by atoms with Gasteiger partial charge in [0.05, 0.1) is 12.7 Å². The second-order valence-corrected chi connectivity index (χ2v) is 6.31. The lowest BCUT2D eigenvalue weighted by Gasteiger charge is -2.41. The molecule has 0 amide bonds. The van der Waals surface area contributed by atoms with Crippen molar-refractivity contribution in [3.63, 3.8) is 0 Å². The van der Waals surface area contributed by atoms with Crippen LogP contribution in [0.15, 0.2) is 0 Å². The lowest BCUT2D eigenvalue weighted by atomic mass is 10.1. The molecule has 1 N–H and O–H groups in total. The summed E-state index contributed by atoms with van der Waals surface area (Å²) in [6.45, 7) is 2.64. The number of hydrogen-bond donors (Lipinski definition) is 1. The molecule has 6 nitrogen and oxygen atoms in total. The summed E-state index contributed by atoms with van der Waals surface area (Å²) in [5.74, 6) is -0.903. The zero-order chi connectivity index (χ0) is 12.5. The first-order valence-electron chi connectivity index (χ1n) is 5.10. The third kappa shape index (κ3) is 3.16. The first kappa shape index (κ1) is 13.4. The number of likely N-dealkylation sites (N-methyl/N-ethyl adjacent to an activating group) is 1. The maximum absolute atomic E-state index is 11.5. The van der Waals surface area contributed by atoms with Crippen LogP contribution >= 0.6 is 0 Å². The van der Waals surface area contributed by atoms with E-state index in [2.05, 4.69) is 0 Å². The lowest BCUT2D eigenvalue weighted by Crippen LogP contribution is -2.57. The van der Waals surface area contributed by atoms with E-state index in [0.717, 1.165) is 6.26 Å². The van der Waals surface area contributed by atoms with Crippen molar-refractivity contribution in [2.45, 2.75) is 25.4 Å². The molecule has 0 radical (unpaired) electrons. The molecule has 0 aromatic heterocycles. The van der Waals surface area contributed by atoms with Crippen molar-refractivity contribution in [1.82, 2.24) is 9.21 Å². The zero-order valence-corrected chi connectivity index (χ0v) is 10.6. The second kappa shape index (κ2) is 4.68. The van der Waals surface area contributed by atoms with Crippen molar-refractivity contribution in [2.75, 3.05) is 26.4 Å². The van der Waals surface area contributed by atoms with E-state index in [9.17, 15) is 13.2 Å². The molecule has 1 saturated heterocycles. The smallest absolute Gasteiger partial charge is 0.304 e. The standard InChI is InChI=1S/C9H18N2O4S/c1-7-5-10(2)8(4-9(12)13)6-11(7)16(3,14)15/h7-8H,4-6H2,1-3H3,(H,12,13)/t7-,8+/m1/s1. The minimum Gasteiger partial charge on any atom is -0.481 e. The molecule has 0 aromatic rings. The van der Waals surface area contributed by atoms with Gasteiger partial charge in [-0.05, 0) is 14.0 Å². The number of carboxylic acids is 1. The van der Waals surface area contributed by atoms with E-state index < -0.39 is 16.0 Å². The number of carboxylic acid groups (broad SMARTS) is 1. The summed E-state index contributed by atoms with van der Waals surface area (Å²) in [7, 11) is -1.43. The number of nitrogens with zero attached hydrogens (tertiary/aromatic N) is 2. The van der Waals surface area contributed by atoms with Crippen LogP contribution in [0.5, 0.6) is 0 Å². The van der Waals surface area contributed by atoms with Crippen molar-refractivity contribution in [1.29, 1.82) is 0 Å². The van der Waals surface area contributed by atoms with Crippen LogP contribution in [0.3, 0.4) is 0 Å². The molecule has 0 saturated carbocycles. The number of carbonyl (C=O) groups is 1. The average molecular weight is 250 g/mol. The summed E-state index contributed by atoms with van der Waals surface area (Å²) < 4.78 is 24.4. The minimum atomic E-state index is -3.25. The largest absolute Gasteiger partial charge is 0.481 e. The van der Waals surface area contributed by atoms with Gasteiger partial charge >= 0.3 is 5.97 Å². The SMILES string of the molecule is C[C@@H]1CN(C)[C@@H](CC(=O)O)CN1S(C)(=O)=O. The molecule has 1 fully saturated rings. The maximum atomic E-state index is 11.5. The predicted octanol–water partition coefficient (Wildman–Crippen LogP) is -0.575. The van der Waals surface area contributed by atoms with Crippen molar-refractivity contribution in [3.05, 3.63) is 0 Å².